The highest BCUT2D eigenvalue weighted by atomic mass is 79.9. The molecule has 3 fully saturated rings. The molecule has 2 bridgehead atoms. The van der Waals surface area contributed by atoms with Crippen molar-refractivity contribution in [1.29, 1.82) is 0 Å². The van der Waals surface area contributed by atoms with Crippen LogP contribution < -0.4 is 10.6 Å². The number of benzene rings is 1. The van der Waals surface area contributed by atoms with Gasteiger partial charge in [0.1, 0.15) is 11.6 Å². The van der Waals surface area contributed by atoms with Crippen LogP contribution in [0, 0.1) is 25.7 Å². The minimum absolute atomic E-state index is 0.153. The van der Waals surface area contributed by atoms with Crippen molar-refractivity contribution in [3.8, 4) is 0 Å². The van der Waals surface area contributed by atoms with Crippen LogP contribution in [0.5, 0.6) is 0 Å². The van der Waals surface area contributed by atoms with Crippen LogP contribution in [0.3, 0.4) is 0 Å². The van der Waals surface area contributed by atoms with Crippen molar-refractivity contribution in [1.82, 2.24) is 10.2 Å². The van der Waals surface area contributed by atoms with Crippen LogP contribution in [0.4, 0.5) is 5.69 Å². The molecular weight excluding hydrogens is 490 g/mol. The molecule has 3 aliphatic heterocycles. The molecule has 1 aromatic carbocycles. The van der Waals surface area contributed by atoms with Crippen LogP contribution in [0.15, 0.2) is 18.2 Å². The van der Waals surface area contributed by atoms with Crippen molar-refractivity contribution in [2.45, 2.75) is 69.2 Å². The van der Waals surface area contributed by atoms with Gasteiger partial charge in [0.25, 0.3) is 0 Å². The summed E-state index contributed by atoms with van der Waals surface area (Å²) < 4.78 is 6.42. The Morgan fingerprint density at radius 3 is 2.73 bits per heavy atom. The second-order valence-electron chi connectivity index (χ2n) is 9.54. The fraction of sp³-hybridized carbons (Fsp3) is 0.625. The average molecular weight is 522 g/mol. The molecule has 0 radical (unpaired) electrons. The number of nitrogens with one attached hydrogen (secondary N) is 2. The van der Waals surface area contributed by atoms with E-state index in [1.807, 2.05) is 39.0 Å². The maximum absolute atomic E-state index is 13.8. The van der Waals surface area contributed by atoms with Gasteiger partial charge in [0.15, 0.2) is 0 Å². The molecule has 33 heavy (non-hydrogen) atoms. The molecule has 3 saturated heterocycles. The summed E-state index contributed by atoms with van der Waals surface area (Å²) in [5, 5.41) is 15.8. The number of alkyl halides is 1. The lowest BCUT2D eigenvalue weighted by Crippen LogP contribution is -2.56. The van der Waals surface area contributed by atoms with E-state index in [1.165, 1.54) is 4.90 Å². The Kier molecular flexibility index (Phi) is 6.59. The van der Waals surface area contributed by atoms with E-state index in [-0.39, 0.29) is 29.2 Å². The van der Waals surface area contributed by atoms with Crippen LogP contribution in [-0.2, 0) is 19.1 Å². The number of amides is 3. The van der Waals surface area contributed by atoms with E-state index in [1.54, 1.807) is 6.92 Å². The third kappa shape index (κ3) is 3.78. The second-order valence-corrected chi connectivity index (χ2v) is 10.7. The zero-order chi connectivity index (χ0) is 24.1. The maximum atomic E-state index is 13.8. The monoisotopic (exact) mass is 521 g/mol. The second kappa shape index (κ2) is 9.00. The first-order valence-electron chi connectivity index (χ1n) is 11.6. The predicted molar refractivity (Wildman–Crippen MR) is 127 cm³/mol. The molecular formula is C24H32BrN3O5. The topological polar surface area (TPSA) is 108 Å². The molecule has 3 amide bonds. The molecule has 4 rings (SSSR count). The number of carbonyl (C=O) groups is 3. The number of rotatable bonds is 7. The summed E-state index contributed by atoms with van der Waals surface area (Å²) in [6.45, 7) is 7.74. The smallest absolute Gasteiger partial charge is 0.250 e. The molecule has 9 heteroatoms. The lowest BCUT2D eigenvalue weighted by atomic mass is 9.70. The van der Waals surface area contributed by atoms with E-state index in [4.69, 9.17) is 4.74 Å². The van der Waals surface area contributed by atoms with E-state index in [0.29, 0.717) is 18.7 Å². The van der Waals surface area contributed by atoms with Crippen LogP contribution >= 0.6 is 15.9 Å². The van der Waals surface area contributed by atoms with Crippen molar-refractivity contribution in [3.63, 3.8) is 0 Å². The quantitative estimate of drug-likeness (QED) is 0.475. The van der Waals surface area contributed by atoms with Crippen molar-refractivity contribution >= 4 is 39.3 Å². The maximum Gasteiger partial charge on any atom is 0.250 e. The molecule has 3 unspecified atom stereocenters. The van der Waals surface area contributed by atoms with E-state index < -0.39 is 35.6 Å². The van der Waals surface area contributed by atoms with Crippen molar-refractivity contribution in [3.05, 3.63) is 29.3 Å². The van der Waals surface area contributed by atoms with Gasteiger partial charge in [-0.25, -0.2) is 0 Å². The van der Waals surface area contributed by atoms with Crippen LogP contribution in [-0.4, -0.2) is 69.5 Å². The lowest BCUT2D eigenvalue weighted by Gasteiger charge is -2.35. The minimum atomic E-state index is -1.13. The molecule has 7 atom stereocenters. The molecule has 0 aromatic heterocycles. The number of hydrogen-bond donors (Lipinski definition) is 3. The van der Waals surface area contributed by atoms with Crippen molar-refractivity contribution in [2.75, 3.05) is 18.5 Å². The number of fused-ring (bicyclic) bond motifs is 1. The highest BCUT2D eigenvalue weighted by molar-refractivity contribution is 9.09. The molecule has 3 heterocycles. The number of ether oxygens (including phenoxy) is 1. The van der Waals surface area contributed by atoms with Gasteiger partial charge >= 0.3 is 0 Å². The van der Waals surface area contributed by atoms with Gasteiger partial charge in [-0.2, -0.15) is 0 Å². The minimum Gasteiger partial charge on any atom is -0.394 e. The molecule has 180 valence electrons. The fourth-order valence-corrected chi connectivity index (χ4v) is 6.61. The third-order valence-electron chi connectivity index (χ3n) is 7.22. The van der Waals surface area contributed by atoms with Gasteiger partial charge in [-0.3, -0.25) is 14.4 Å². The normalized spacial score (nSPS) is 33.2. The fourth-order valence-electron chi connectivity index (χ4n) is 5.67. The molecule has 3 aliphatic rings. The summed E-state index contributed by atoms with van der Waals surface area (Å²) in [7, 11) is 0. The first-order chi connectivity index (χ1) is 15.7. The number of anilines is 1. The largest absolute Gasteiger partial charge is 0.394 e. The summed E-state index contributed by atoms with van der Waals surface area (Å²) in [5.41, 5.74) is 1.45. The summed E-state index contributed by atoms with van der Waals surface area (Å²) in [6.07, 6.45) is 0.726. The molecule has 0 saturated carbocycles. The zero-order valence-electron chi connectivity index (χ0n) is 19.4. The van der Waals surface area contributed by atoms with Gasteiger partial charge in [-0.15, -0.1) is 0 Å². The van der Waals surface area contributed by atoms with Crippen LogP contribution in [0.2, 0.25) is 0 Å². The Labute approximate surface area is 202 Å². The first-order valence-corrected chi connectivity index (χ1v) is 12.5. The summed E-state index contributed by atoms with van der Waals surface area (Å²) in [6, 6.07) is 4.24. The van der Waals surface area contributed by atoms with E-state index >= 15 is 0 Å². The van der Waals surface area contributed by atoms with Crippen LogP contribution in [0.25, 0.3) is 0 Å². The Bertz CT molecular complexity index is 971. The van der Waals surface area contributed by atoms with E-state index in [2.05, 4.69) is 26.6 Å². The lowest BCUT2D eigenvalue weighted by molar-refractivity contribution is -0.143. The number of aryl methyl sites for hydroxylation is 2. The highest BCUT2D eigenvalue weighted by Crippen LogP contribution is 2.60. The van der Waals surface area contributed by atoms with Crippen molar-refractivity contribution in [2.24, 2.45) is 11.8 Å². The predicted octanol–water partition coefficient (Wildman–Crippen LogP) is 1.90. The van der Waals surface area contributed by atoms with Gasteiger partial charge in [-0.05, 0) is 50.8 Å². The number of nitrogens with zero attached hydrogens (tertiary/aromatic N) is 1. The molecule has 3 N–H and O–H groups in total. The standard InChI is InChI=1S/C24H32BrN3O5/c1-5-8-26-21(30)17-18-23(32)28(14(4)11-29)20(24(18)10-15(25)19(17)33-24)22(31)27-16-9-12(2)6-7-13(16)3/h6-7,9,14-15,17-20,29H,5,8,10-11H2,1-4H3,(H,26,30)(H,27,31)/t14-,15?,17+,18+,19+,20?,24?/m1/s1. The average Bonchev–Trinajstić information content (AvgIpc) is 3.37. The number of aliphatic hydroxyl groups excluding tert-OH is 1. The molecule has 1 aromatic rings. The van der Waals surface area contributed by atoms with Crippen molar-refractivity contribution < 1.29 is 24.2 Å². The third-order valence-corrected chi connectivity index (χ3v) is 8.06. The first kappa shape index (κ1) is 24.2. The number of carbonyl (C=O) groups excluding carboxylic acids is 3. The van der Waals surface area contributed by atoms with Gasteiger partial charge in [0.2, 0.25) is 17.7 Å². The zero-order valence-corrected chi connectivity index (χ0v) is 21.0. The van der Waals surface area contributed by atoms with Gasteiger partial charge in [-0.1, -0.05) is 35.0 Å². The van der Waals surface area contributed by atoms with E-state index in [0.717, 1.165) is 17.5 Å². The van der Waals surface area contributed by atoms with Gasteiger partial charge < -0.3 is 25.4 Å². The highest BCUT2D eigenvalue weighted by Gasteiger charge is 2.76. The number of aliphatic hydroxyl groups is 1. The Balaban J connectivity index is 1.74. The van der Waals surface area contributed by atoms with E-state index in [9.17, 15) is 19.5 Å². The Morgan fingerprint density at radius 2 is 2.06 bits per heavy atom. The summed E-state index contributed by atoms with van der Waals surface area (Å²) in [4.78, 5) is 41.8. The summed E-state index contributed by atoms with van der Waals surface area (Å²) >= 11 is 3.65. The van der Waals surface area contributed by atoms with Gasteiger partial charge in [0, 0.05) is 17.1 Å². The molecule has 0 aliphatic carbocycles. The molecule has 8 nitrogen and oxygen atoms in total. The Morgan fingerprint density at radius 1 is 1.33 bits per heavy atom. The summed E-state index contributed by atoms with van der Waals surface area (Å²) in [5.74, 6) is -2.35. The number of halogens is 1. The SMILES string of the molecule is CCCNC(=O)[C@H]1[C@H]2C(=O)N([C@H](C)CO)C(C(=O)Nc3cc(C)ccc3C)C23CC(Br)[C@@H]1O3. The molecule has 1 spiro atoms. The Hall–Kier alpha value is -1.97. The number of hydrogen-bond acceptors (Lipinski definition) is 5. The van der Waals surface area contributed by atoms with Gasteiger partial charge in [0.05, 0.1) is 30.6 Å². The number of likely N-dealkylation sites (tertiary alicyclic amines) is 1. The van der Waals surface area contributed by atoms with Crippen LogP contribution in [0.1, 0.15) is 37.8 Å².